The third-order valence-electron chi connectivity index (χ3n) is 5.85. The molecule has 7 heteroatoms. The Morgan fingerprint density at radius 2 is 1.34 bits per heavy atom. The second kappa shape index (κ2) is 11.2. The molecule has 0 unspecified atom stereocenters. The predicted octanol–water partition coefficient (Wildman–Crippen LogP) is 5.14. The van der Waals surface area contributed by atoms with Gasteiger partial charge in [0.25, 0.3) is 0 Å². The van der Waals surface area contributed by atoms with Gasteiger partial charge in [0.15, 0.2) is 0 Å². The lowest BCUT2D eigenvalue weighted by atomic mass is 10.0. The van der Waals surface area contributed by atoms with E-state index in [9.17, 15) is 0 Å². The van der Waals surface area contributed by atoms with Crippen LogP contribution in [0, 0.1) is 0 Å². The molecule has 0 bridgehead atoms. The quantitative estimate of drug-likeness (QED) is 0.235. The number of aliphatic hydroxyl groups is 2. The van der Waals surface area contributed by atoms with Crippen molar-refractivity contribution in [3.8, 4) is 11.5 Å². The molecule has 0 atom stereocenters. The van der Waals surface area contributed by atoms with Crippen molar-refractivity contribution in [2.24, 2.45) is 0 Å². The van der Waals surface area contributed by atoms with E-state index >= 15 is 0 Å². The molecule has 2 N–H and O–H groups in total. The van der Waals surface area contributed by atoms with E-state index in [1.807, 2.05) is 12.1 Å². The molecule has 1 aromatic heterocycles. The first-order valence-corrected chi connectivity index (χ1v) is 12.6. The van der Waals surface area contributed by atoms with E-state index in [0.717, 1.165) is 33.0 Å². The Balaban J connectivity index is 1.56. The first-order valence-electron chi connectivity index (χ1n) is 11.7. The summed E-state index contributed by atoms with van der Waals surface area (Å²) in [5.74, 6) is 1.61. The number of hydrogen-bond donors (Lipinski definition) is 2. The molecule has 0 amide bonds. The molecule has 1 heterocycles. The molecule has 0 spiro atoms. The number of ether oxygens (including phenoxy) is 4. The molecule has 6 nitrogen and oxygen atoms in total. The van der Waals surface area contributed by atoms with Crippen LogP contribution in [0.5, 0.6) is 11.5 Å². The number of rotatable bonds is 12. The van der Waals surface area contributed by atoms with E-state index in [1.54, 1.807) is 11.3 Å². The van der Waals surface area contributed by atoms with Gasteiger partial charge >= 0.3 is 0 Å². The van der Waals surface area contributed by atoms with Crippen molar-refractivity contribution in [2.75, 3.05) is 52.9 Å². The molecule has 5 rings (SSSR count). The third kappa shape index (κ3) is 5.05. The van der Waals surface area contributed by atoms with Crippen molar-refractivity contribution in [3.05, 3.63) is 60.7 Å². The van der Waals surface area contributed by atoms with Crippen LogP contribution in [0.3, 0.4) is 0 Å². The van der Waals surface area contributed by atoms with Crippen LogP contribution >= 0.6 is 11.3 Å². The fourth-order valence-corrected chi connectivity index (χ4v) is 5.57. The van der Waals surface area contributed by atoms with Crippen LogP contribution in [0.25, 0.3) is 41.7 Å². The van der Waals surface area contributed by atoms with Crippen LogP contribution in [-0.2, 0) is 9.47 Å². The van der Waals surface area contributed by atoms with Crippen molar-refractivity contribution < 1.29 is 29.2 Å². The maximum Gasteiger partial charge on any atom is 0.127 e. The maximum absolute atomic E-state index is 8.92. The van der Waals surface area contributed by atoms with Crippen LogP contribution in [0.2, 0.25) is 0 Å². The lowest BCUT2D eigenvalue weighted by Gasteiger charge is -2.11. The summed E-state index contributed by atoms with van der Waals surface area (Å²) in [7, 11) is 0. The molecule has 182 valence electrons. The molecular formula is C28H28O6S. The number of hydrogen-bond acceptors (Lipinski definition) is 7. The summed E-state index contributed by atoms with van der Waals surface area (Å²) in [6.07, 6.45) is 0. The second-order valence-electron chi connectivity index (χ2n) is 8.09. The predicted molar refractivity (Wildman–Crippen MR) is 141 cm³/mol. The SMILES string of the molecule is OCCOCCOc1ccc2ccc3sc4c5ccccc5c(OCCOCCO)cc4c3c2c1. The van der Waals surface area contributed by atoms with Crippen LogP contribution in [0.1, 0.15) is 0 Å². The summed E-state index contributed by atoms with van der Waals surface area (Å²) < 4.78 is 25.2. The van der Waals surface area contributed by atoms with Crippen molar-refractivity contribution in [1.29, 1.82) is 0 Å². The minimum Gasteiger partial charge on any atom is -0.491 e. The molecule has 0 aliphatic carbocycles. The first kappa shape index (κ1) is 23.8. The van der Waals surface area contributed by atoms with Crippen LogP contribution in [0.15, 0.2) is 60.7 Å². The van der Waals surface area contributed by atoms with E-state index in [0.29, 0.717) is 39.6 Å². The third-order valence-corrected chi connectivity index (χ3v) is 7.05. The molecule has 0 fully saturated rings. The Hall–Kier alpha value is -2.94. The molecule has 0 radical (unpaired) electrons. The van der Waals surface area contributed by atoms with E-state index in [1.165, 1.54) is 20.2 Å². The summed E-state index contributed by atoms with van der Waals surface area (Å²) in [6.45, 7) is 2.32. The Morgan fingerprint density at radius 1 is 0.629 bits per heavy atom. The van der Waals surface area contributed by atoms with Crippen molar-refractivity contribution in [2.45, 2.75) is 0 Å². The minimum absolute atomic E-state index is 0.00421. The van der Waals surface area contributed by atoms with Gasteiger partial charge in [-0.2, -0.15) is 0 Å². The van der Waals surface area contributed by atoms with Gasteiger partial charge in [-0.15, -0.1) is 11.3 Å². The topological polar surface area (TPSA) is 77.4 Å². The smallest absolute Gasteiger partial charge is 0.127 e. The molecule has 0 aliphatic rings. The van der Waals surface area contributed by atoms with E-state index in [-0.39, 0.29) is 13.2 Å². The highest BCUT2D eigenvalue weighted by Crippen LogP contribution is 2.45. The maximum atomic E-state index is 8.92. The molecule has 5 aromatic rings. The molecule has 35 heavy (non-hydrogen) atoms. The molecule has 4 aromatic carbocycles. The normalized spacial score (nSPS) is 11.7. The van der Waals surface area contributed by atoms with Gasteiger partial charge in [0.1, 0.15) is 24.7 Å². The summed E-state index contributed by atoms with van der Waals surface area (Å²) in [6, 6.07) is 20.9. The van der Waals surface area contributed by atoms with E-state index in [2.05, 4.69) is 48.5 Å². The van der Waals surface area contributed by atoms with Crippen molar-refractivity contribution in [3.63, 3.8) is 0 Å². The van der Waals surface area contributed by atoms with Gasteiger partial charge in [-0.25, -0.2) is 0 Å². The molecular weight excluding hydrogens is 464 g/mol. The van der Waals surface area contributed by atoms with Gasteiger partial charge in [-0.05, 0) is 35.0 Å². The van der Waals surface area contributed by atoms with Crippen LogP contribution in [-0.4, -0.2) is 63.1 Å². The standard InChI is InChI=1S/C28H28O6S/c29-9-11-31-13-15-33-20-7-5-19-6-8-26-27(23(19)17-20)24-18-25(34-16-14-32-12-10-30)21-3-1-2-4-22(21)28(24)35-26/h1-8,17-18,29-30H,9-16H2. The Labute approximate surface area is 207 Å². The highest BCUT2D eigenvalue weighted by Gasteiger charge is 2.15. The summed E-state index contributed by atoms with van der Waals surface area (Å²) in [4.78, 5) is 0. The molecule has 0 saturated carbocycles. The fraction of sp³-hybridized carbons (Fsp3) is 0.286. The number of benzene rings is 4. The van der Waals surface area contributed by atoms with Gasteiger partial charge in [-0.1, -0.05) is 36.4 Å². The zero-order valence-electron chi connectivity index (χ0n) is 19.4. The highest BCUT2D eigenvalue weighted by molar-refractivity contribution is 7.26. The zero-order valence-corrected chi connectivity index (χ0v) is 20.2. The zero-order chi connectivity index (χ0) is 24.0. The van der Waals surface area contributed by atoms with E-state index in [4.69, 9.17) is 29.2 Å². The van der Waals surface area contributed by atoms with Crippen LogP contribution in [0.4, 0.5) is 0 Å². The lowest BCUT2D eigenvalue weighted by Crippen LogP contribution is -2.09. The fourth-order valence-electron chi connectivity index (χ4n) is 4.33. The minimum atomic E-state index is 0.00421. The number of fused-ring (bicyclic) bond motifs is 7. The monoisotopic (exact) mass is 492 g/mol. The largest absolute Gasteiger partial charge is 0.491 e. The molecule has 0 aliphatic heterocycles. The van der Waals surface area contributed by atoms with Gasteiger partial charge in [0.2, 0.25) is 0 Å². The van der Waals surface area contributed by atoms with Gasteiger partial charge < -0.3 is 29.2 Å². The van der Waals surface area contributed by atoms with Crippen LogP contribution < -0.4 is 9.47 Å². The summed E-state index contributed by atoms with van der Waals surface area (Å²) in [5.41, 5.74) is 0. The molecule has 0 saturated heterocycles. The number of thiophene rings is 1. The van der Waals surface area contributed by atoms with Crippen molar-refractivity contribution in [1.82, 2.24) is 0 Å². The van der Waals surface area contributed by atoms with Gasteiger partial charge in [0.05, 0.1) is 39.6 Å². The van der Waals surface area contributed by atoms with Gasteiger partial charge in [0, 0.05) is 30.9 Å². The Bertz CT molecular complexity index is 1440. The average Bonchev–Trinajstić information content (AvgIpc) is 3.27. The number of aliphatic hydroxyl groups excluding tert-OH is 2. The summed E-state index contributed by atoms with van der Waals surface area (Å²) in [5, 5.41) is 24.6. The second-order valence-corrected chi connectivity index (χ2v) is 9.14. The Kier molecular flexibility index (Phi) is 7.61. The first-order chi connectivity index (χ1) is 17.3. The van der Waals surface area contributed by atoms with Crippen molar-refractivity contribution >= 4 is 53.1 Å². The summed E-state index contributed by atoms with van der Waals surface area (Å²) >= 11 is 1.79. The Morgan fingerprint density at radius 3 is 2.11 bits per heavy atom. The van der Waals surface area contributed by atoms with E-state index < -0.39 is 0 Å². The average molecular weight is 493 g/mol. The van der Waals surface area contributed by atoms with Gasteiger partial charge in [-0.3, -0.25) is 0 Å². The lowest BCUT2D eigenvalue weighted by molar-refractivity contribution is 0.0705. The highest BCUT2D eigenvalue weighted by atomic mass is 32.1.